The number of hydrogen-bond acceptors (Lipinski definition) is 2. The van der Waals surface area contributed by atoms with Gasteiger partial charge in [0.1, 0.15) is 17.6 Å². The molecular formula is C16H17FN2O2. The second-order valence-electron chi connectivity index (χ2n) is 5.17. The lowest BCUT2D eigenvalue weighted by molar-refractivity contribution is -0.0231. The molecule has 0 unspecified atom stereocenters. The van der Waals surface area contributed by atoms with Crippen molar-refractivity contribution in [3.8, 4) is 0 Å². The molecule has 2 aromatic rings. The summed E-state index contributed by atoms with van der Waals surface area (Å²) in [5.74, 6) is -0.274. The van der Waals surface area contributed by atoms with Gasteiger partial charge < -0.3 is 14.2 Å². The van der Waals surface area contributed by atoms with E-state index < -0.39 is 0 Å². The van der Waals surface area contributed by atoms with E-state index >= 15 is 0 Å². The number of carbonyl (C=O) groups excluding carboxylic acids is 1. The smallest absolute Gasteiger partial charge is 0.270 e. The molecule has 0 saturated carbocycles. The fourth-order valence-electron chi connectivity index (χ4n) is 2.56. The van der Waals surface area contributed by atoms with Crippen molar-refractivity contribution >= 4 is 5.91 Å². The normalized spacial score (nSPS) is 18.8. The van der Waals surface area contributed by atoms with E-state index in [9.17, 15) is 9.18 Å². The van der Waals surface area contributed by atoms with Gasteiger partial charge in [0.15, 0.2) is 0 Å². The minimum atomic E-state index is -0.272. The number of carbonyl (C=O) groups is 1. The minimum Gasteiger partial charge on any atom is -0.370 e. The van der Waals surface area contributed by atoms with Crippen LogP contribution in [0.3, 0.4) is 0 Å². The molecule has 0 spiro atoms. The number of nitrogens with zero attached hydrogens (tertiary/aromatic N) is 2. The Morgan fingerprint density at radius 1 is 1.29 bits per heavy atom. The third-order valence-electron chi connectivity index (χ3n) is 3.76. The van der Waals surface area contributed by atoms with Crippen LogP contribution in [-0.4, -0.2) is 35.1 Å². The van der Waals surface area contributed by atoms with Gasteiger partial charge in [0.25, 0.3) is 5.91 Å². The van der Waals surface area contributed by atoms with Crippen LogP contribution in [0.5, 0.6) is 0 Å². The first-order valence-corrected chi connectivity index (χ1v) is 6.93. The lowest BCUT2D eigenvalue weighted by Gasteiger charge is -2.33. The molecule has 0 N–H and O–H groups in total. The molecule has 5 heteroatoms. The Balaban J connectivity index is 1.75. The Morgan fingerprint density at radius 2 is 2.05 bits per heavy atom. The number of aromatic nitrogens is 1. The Kier molecular flexibility index (Phi) is 3.75. The quantitative estimate of drug-likeness (QED) is 0.850. The molecule has 1 aromatic carbocycles. The van der Waals surface area contributed by atoms with Crippen molar-refractivity contribution < 1.29 is 13.9 Å². The van der Waals surface area contributed by atoms with E-state index in [1.165, 1.54) is 12.1 Å². The zero-order valence-electron chi connectivity index (χ0n) is 11.8. The molecule has 110 valence electrons. The number of amides is 1. The Labute approximate surface area is 122 Å². The molecule has 4 nitrogen and oxygen atoms in total. The predicted octanol–water partition coefficient (Wildman–Crippen LogP) is 2.38. The molecule has 21 heavy (non-hydrogen) atoms. The average molecular weight is 288 g/mol. The molecule has 1 saturated heterocycles. The van der Waals surface area contributed by atoms with Crippen LogP contribution in [0, 0.1) is 5.82 Å². The van der Waals surface area contributed by atoms with Gasteiger partial charge in [-0.15, -0.1) is 0 Å². The summed E-state index contributed by atoms with van der Waals surface area (Å²) in [5, 5.41) is 0. The van der Waals surface area contributed by atoms with E-state index in [-0.39, 0.29) is 17.8 Å². The molecule has 0 bridgehead atoms. The summed E-state index contributed by atoms with van der Waals surface area (Å²) < 4.78 is 20.5. The lowest BCUT2D eigenvalue weighted by Crippen LogP contribution is -2.42. The van der Waals surface area contributed by atoms with Crippen molar-refractivity contribution in [2.24, 2.45) is 7.05 Å². The number of rotatable bonds is 2. The van der Waals surface area contributed by atoms with E-state index in [2.05, 4.69) is 0 Å². The van der Waals surface area contributed by atoms with Crippen molar-refractivity contribution in [3.63, 3.8) is 0 Å². The van der Waals surface area contributed by atoms with Gasteiger partial charge in [0.05, 0.1) is 13.2 Å². The van der Waals surface area contributed by atoms with E-state index in [0.29, 0.717) is 25.4 Å². The van der Waals surface area contributed by atoms with Crippen LogP contribution in [0.15, 0.2) is 42.6 Å². The van der Waals surface area contributed by atoms with Crippen molar-refractivity contribution in [2.75, 3.05) is 19.7 Å². The van der Waals surface area contributed by atoms with Gasteiger partial charge in [-0.1, -0.05) is 12.1 Å². The molecule has 0 radical (unpaired) electrons. The Hall–Kier alpha value is -2.14. The second kappa shape index (κ2) is 5.69. The molecule has 1 fully saturated rings. The Morgan fingerprint density at radius 3 is 2.71 bits per heavy atom. The largest absolute Gasteiger partial charge is 0.370 e. The summed E-state index contributed by atoms with van der Waals surface area (Å²) in [6.45, 7) is 1.54. The molecule has 1 atom stereocenters. The number of hydrogen-bond donors (Lipinski definition) is 0. The Bertz CT molecular complexity index is 636. The molecule has 1 aliphatic heterocycles. The number of morpholine rings is 1. The first kappa shape index (κ1) is 13.8. The van der Waals surface area contributed by atoms with Gasteiger partial charge in [-0.05, 0) is 29.8 Å². The lowest BCUT2D eigenvalue weighted by atomic mass is 10.1. The van der Waals surface area contributed by atoms with Crippen molar-refractivity contribution in [2.45, 2.75) is 6.10 Å². The number of benzene rings is 1. The highest BCUT2D eigenvalue weighted by molar-refractivity contribution is 5.92. The van der Waals surface area contributed by atoms with Crippen LogP contribution in [0.2, 0.25) is 0 Å². The fraction of sp³-hybridized carbons (Fsp3) is 0.312. The van der Waals surface area contributed by atoms with E-state index in [1.807, 2.05) is 29.9 Å². The molecule has 1 aliphatic rings. The number of ether oxygens (including phenoxy) is 1. The highest BCUT2D eigenvalue weighted by Gasteiger charge is 2.27. The number of aryl methyl sites for hydroxylation is 1. The third-order valence-corrected chi connectivity index (χ3v) is 3.76. The van der Waals surface area contributed by atoms with Crippen LogP contribution < -0.4 is 0 Å². The SMILES string of the molecule is Cn1cccc1C(=O)N1CCO[C@H](c2ccc(F)cc2)C1. The van der Waals surface area contributed by atoms with Gasteiger partial charge in [-0.3, -0.25) is 4.79 Å². The van der Waals surface area contributed by atoms with Gasteiger partial charge in [-0.25, -0.2) is 4.39 Å². The average Bonchev–Trinajstić information content (AvgIpc) is 2.93. The van der Waals surface area contributed by atoms with Crippen molar-refractivity contribution in [1.29, 1.82) is 0 Å². The maximum absolute atomic E-state index is 13.0. The van der Waals surface area contributed by atoms with Crippen LogP contribution in [0.4, 0.5) is 4.39 Å². The predicted molar refractivity (Wildman–Crippen MR) is 76.4 cm³/mol. The van der Waals surface area contributed by atoms with E-state index in [1.54, 1.807) is 17.0 Å². The molecule has 2 heterocycles. The van der Waals surface area contributed by atoms with Crippen molar-refractivity contribution in [3.05, 3.63) is 59.7 Å². The third kappa shape index (κ3) is 2.83. The highest BCUT2D eigenvalue weighted by atomic mass is 19.1. The van der Waals surface area contributed by atoms with E-state index in [4.69, 9.17) is 4.74 Å². The summed E-state index contributed by atoms with van der Waals surface area (Å²) in [5.41, 5.74) is 1.55. The molecule has 0 aliphatic carbocycles. The zero-order chi connectivity index (χ0) is 14.8. The van der Waals surface area contributed by atoms with Gasteiger partial charge in [0, 0.05) is 19.8 Å². The molecule has 1 amide bonds. The minimum absolute atomic E-state index is 0.00193. The summed E-state index contributed by atoms with van der Waals surface area (Å²) in [4.78, 5) is 14.3. The van der Waals surface area contributed by atoms with Crippen LogP contribution in [-0.2, 0) is 11.8 Å². The van der Waals surface area contributed by atoms with Crippen LogP contribution in [0.1, 0.15) is 22.2 Å². The second-order valence-corrected chi connectivity index (χ2v) is 5.17. The van der Waals surface area contributed by atoms with Gasteiger partial charge in [0.2, 0.25) is 0 Å². The monoisotopic (exact) mass is 288 g/mol. The first-order chi connectivity index (χ1) is 10.1. The molecule has 1 aromatic heterocycles. The summed E-state index contributed by atoms with van der Waals surface area (Å²) in [6.07, 6.45) is 1.65. The van der Waals surface area contributed by atoms with Crippen molar-refractivity contribution in [1.82, 2.24) is 9.47 Å². The fourth-order valence-corrected chi connectivity index (χ4v) is 2.56. The standard InChI is InChI=1S/C16H17FN2O2/c1-18-8-2-3-14(18)16(20)19-9-10-21-15(11-19)12-4-6-13(17)7-5-12/h2-8,15H,9-11H2,1H3/t15-/m0/s1. The van der Waals surface area contributed by atoms with Gasteiger partial charge >= 0.3 is 0 Å². The maximum Gasteiger partial charge on any atom is 0.270 e. The number of halogens is 1. The zero-order valence-corrected chi connectivity index (χ0v) is 11.8. The first-order valence-electron chi connectivity index (χ1n) is 6.93. The summed E-state index contributed by atoms with van der Waals surface area (Å²) in [6, 6.07) is 9.90. The molecular weight excluding hydrogens is 271 g/mol. The van der Waals surface area contributed by atoms with E-state index in [0.717, 1.165) is 5.56 Å². The van der Waals surface area contributed by atoms with Crippen LogP contribution in [0.25, 0.3) is 0 Å². The maximum atomic E-state index is 13.0. The highest BCUT2D eigenvalue weighted by Crippen LogP contribution is 2.23. The summed E-state index contributed by atoms with van der Waals surface area (Å²) >= 11 is 0. The van der Waals surface area contributed by atoms with Crippen LogP contribution >= 0.6 is 0 Å². The topological polar surface area (TPSA) is 34.5 Å². The summed E-state index contributed by atoms with van der Waals surface area (Å²) in [7, 11) is 1.85. The van der Waals surface area contributed by atoms with Gasteiger partial charge in [-0.2, -0.15) is 0 Å². The molecule has 3 rings (SSSR count).